The van der Waals surface area contributed by atoms with Crippen LogP contribution in [0.15, 0.2) is 0 Å². The molecule has 1 N–H and O–H groups in total. The van der Waals surface area contributed by atoms with E-state index in [9.17, 15) is 4.79 Å². The van der Waals surface area contributed by atoms with Crippen LogP contribution in [0.25, 0.3) is 0 Å². The number of esters is 1. The average Bonchev–Trinajstić information content (AvgIpc) is 2.64. The van der Waals surface area contributed by atoms with Gasteiger partial charge in [-0.15, -0.1) is 0 Å². The lowest BCUT2D eigenvalue weighted by Crippen LogP contribution is -2.49. The van der Waals surface area contributed by atoms with Crippen molar-refractivity contribution in [3.8, 4) is 0 Å². The highest BCUT2D eigenvalue weighted by molar-refractivity contribution is 5.76. The number of carbonyl (C=O) groups excluding carboxylic acids is 1. The fourth-order valence-electron chi connectivity index (χ4n) is 2.76. The van der Waals surface area contributed by atoms with Crippen molar-refractivity contribution in [2.24, 2.45) is 5.92 Å². The molecule has 0 bridgehead atoms. The summed E-state index contributed by atoms with van der Waals surface area (Å²) in [5.41, 5.74) is 0. The molecule has 2 atom stereocenters. The smallest absolute Gasteiger partial charge is 0.323 e. The molecule has 0 aliphatic heterocycles. The van der Waals surface area contributed by atoms with Gasteiger partial charge in [-0.2, -0.15) is 0 Å². The van der Waals surface area contributed by atoms with Crippen LogP contribution in [0, 0.1) is 5.92 Å². The van der Waals surface area contributed by atoms with Crippen molar-refractivity contribution in [1.29, 1.82) is 0 Å². The Kier molecular flexibility index (Phi) is 8.07. The Hall–Kier alpha value is -0.610. The summed E-state index contributed by atoms with van der Waals surface area (Å²) < 4.78 is 10.4. The maximum Gasteiger partial charge on any atom is 0.323 e. The third kappa shape index (κ3) is 5.91. The summed E-state index contributed by atoms with van der Waals surface area (Å²) in [4.78, 5) is 12.1. The van der Waals surface area contributed by atoms with Gasteiger partial charge >= 0.3 is 5.97 Å². The second-order valence-electron chi connectivity index (χ2n) is 5.52. The average molecular weight is 271 g/mol. The first-order valence-corrected chi connectivity index (χ1v) is 7.60. The maximum absolute atomic E-state index is 12.1. The number of carbonyl (C=O) groups is 1. The zero-order chi connectivity index (χ0) is 14.1. The molecule has 19 heavy (non-hydrogen) atoms. The lowest BCUT2D eigenvalue weighted by molar-refractivity contribution is -0.148. The van der Waals surface area contributed by atoms with Crippen molar-refractivity contribution in [1.82, 2.24) is 5.32 Å². The molecule has 2 unspecified atom stereocenters. The highest BCUT2D eigenvalue weighted by Crippen LogP contribution is 2.19. The van der Waals surface area contributed by atoms with Gasteiger partial charge in [0.15, 0.2) is 0 Å². The molecular formula is C15H29NO3. The van der Waals surface area contributed by atoms with Gasteiger partial charge in [0, 0.05) is 19.1 Å². The van der Waals surface area contributed by atoms with Crippen LogP contribution in [0.5, 0.6) is 0 Å². The second kappa shape index (κ2) is 9.32. The van der Waals surface area contributed by atoms with E-state index in [2.05, 4.69) is 5.32 Å². The molecule has 1 aliphatic carbocycles. The summed E-state index contributed by atoms with van der Waals surface area (Å²) in [7, 11) is 1.67. The summed E-state index contributed by atoms with van der Waals surface area (Å²) in [5.74, 6) is -0.0106. The van der Waals surface area contributed by atoms with Crippen LogP contribution in [0.4, 0.5) is 0 Å². The van der Waals surface area contributed by atoms with Crippen LogP contribution < -0.4 is 5.32 Å². The Morgan fingerprint density at radius 1 is 1.26 bits per heavy atom. The lowest BCUT2D eigenvalue weighted by Gasteiger charge is -2.27. The highest BCUT2D eigenvalue weighted by Gasteiger charge is 2.28. The van der Waals surface area contributed by atoms with Crippen molar-refractivity contribution >= 4 is 5.97 Å². The standard InChI is InChI=1S/C15H29NO3/c1-4-19-15(17)14(12(2)11-18-3)16-13-9-7-5-6-8-10-13/h12-14,16H,4-11H2,1-3H3. The Morgan fingerprint density at radius 2 is 1.89 bits per heavy atom. The summed E-state index contributed by atoms with van der Waals surface area (Å²) >= 11 is 0. The van der Waals surface area contributed by atoms with Crippen LogP contribution in [-0.2, 0) is 14.3 Å². The number of ether oxygens (including phenoxy) is 2. The number of methoxy groups -OCH3 is 1. The van der Waals surface area contributed by atoms with Crippen LogP contribution in [-0.4, -0.2) is 38.4 Å². The van der Waals surface area contributed by atoms with E-state index in [4.69, 9.17) is 9.47 Å². The Balaban J connectivity index is 2.58. The molecular weight excluding hydrogens is 242 g/mol. The Bertz CT molecular complexity index is 250. The fraction of sp³-hybridized carbons (Fsp3) is 0.933. The summed E-state index contributed by atoms with van der Waals surface area (Å²) in [6.07, 6.45) is 7.47. The second-order valence-corrected chi connectivity index (χ2v) is 5.52. The van der Waals surface area contributed by atoms with E-state index in [0.717, 1.165) is 12.8 Å². The number of hydrogen-bond donors (Lipinski definition) is 1. The van der Waals surface area contributed by atoms with E-state index in [1.807, 2.05) is 13.8 Å². The van der Waals surface area contributed by atoms with E-state index >= 15 is 0 Å². The normalized spacial score (nSPS) is 20.6. The first-order chi connectivity index (χ1) is 9.19. The Labute approximate surface area is 117 Å². The van der Waals surface area contributed by atoms with Crippen molar-refractivity contribution in [3.63, 3.8) is 0 Å². The molecule has 1 fully saturated rings. The molecule has 0 spiro atoms. The minimum Gasteiger partial charge on any atom is -0.465 e. The fourth-order valence-corrected chi connectivity index (χ4v) is 2.76. The minimum absolute atomic E-state index is 0.132. The van der Waals surface area contributed by atoms with Gasteiger partial charge in [0.1, 0.15) is 6.04 Å². The van der Waals surface area contributed by atoms with Gasteiger partial charge in [-0.05, 0) is 19.8 Å². The zero-order valence-electron chi connectivity index (χ0n) is 12.6. The molecule has 4 nitrogen and oxygen atoms in total. The van der Waals surface area contributed by atoms with E-state index in [1.165, 1.54) is 25.7 Å². The number of hydrogen-bond acceptors (Lipinski definition) is 4. The molecule has 1 saturated carbocycles. The molecule has 0 aromatic carbocycles. The van der Waals surface area contributed by atoms with Gasteiger partial charge in [-0.3, -0.25) is 4.79 Å². The molecule has 1 rings (SSSR count). The molecule has 4 heteroatoms. The molecule has 0 amide bonds. The van der Waals surface area contributed by atoms with E-state index in [1.54, 1.807) is 7.11 Å². The summed E-state index contributed by atoms with van der Waals surface area (Å²) in [6.45, 7) is 4.89. The quantitative estimate of drug-likeness (QED) is 0.571. The summed E-state index contributed by atoms with van der Waals surface area (Å²) in [5, 5.41) is 3.51. The maximum atomic E-state index is 12.1. The predicted octanol–water partition coefficient (Wildman–Crippen LogP) is 2.51. The molecule has 0 saturated heterocycles. The zero-order valence-corrected chi connectivity index (χ0v) is 12.6. The predicted molar refractivity (Wildman–Crippen MR) is 76.1 cm³/mol. The number of rotatable bonds is 7. The SMILES string of the molecule is CCOC(=O)C(NC1CCCCCC1)C(C)COC. The van der Waals surface area contributed by atoms with Gasteiger partial charge in [0.05, 0.1) is 13.2 Å². The van der Waals surface area contributed by atoms with Crippen molar-refractivity contribution in [2.75, 3.05) is 20.3 Å². The van der Waals surface area contributed by atoms with E-state index in [-0.39, 0.29) is 17.9 Å². The molecule has 0 radical (unpaired) electrons. The molecule has 0 heterocycles. The molecule has 0 aromatic rings. The van der Waals surface area contributed by atoms with Crippen LogP contribution in [0.1, 0.15) is 52.4 Å². The molecule has 112 valence electrons. The Morgan fingerprint density at radius 3 is 2.42 bits per heavy atom. The van der Waals surface area contributed by atoms with E-state index < -0.39 is 0 Å². The van der Waals surface area contributed by atoms with Crippen molar-refractivity contribution in [3.05, 3.63) is 0 Å². The van der Waals surface area contributed by atoms with Crippen molar-refractivity contribution in [2.45, 2.75) is 64.5 Å². The van der Waals surface area contributed by atoms with E-state index in [0.29, 0.717) is 19.3 Å². The summed E-state index contributed by atoms with van der Waals surface area (Å²) in [6, 6.07) is 0.194. The molecule has 1 aliphatic rings. The first kappa shape index (κ1) is 16.4. The van der Waals surface area contributed by atoms with Crippen LogP contribution >= 0.6 is 0 Å². The van der Waals surface area contributed by atoms with Gasteiger partial charge in [0.25, 0.3) is 0 Å². The highest BCUT2D eigenvalue weighted by atomic mass is 16.5. The van der Waals surface area contributed by atoms with Gasteiger partial charge < -0.3 is 14.8 Å². The largest absolute Gasteiger partial charge is 0.465 e. The first-order valence-electron chi connectivity index (χ1n) is 7.60. The minimum atomic E-state index is -0.247. The topological polar surface area (TPSA) is 47.6 Å². The van der Waals surface area contributed by atoms with Gasteiger partial charge in [-0.1, -0.05) is 32.6 Å². The van der Waals surface area contributed by atoms with Gasteiger partial charge in [-0.25, -0.2) is 0 Å². The molecule has 0 aromatic heterocycles. The van der Waals surface area contributed by atoms with Gasteiger partial charge in [0.2, 0.25) is 0 Å². The third-order valence-corrected chi connectivity index (χ3v) is 3.81. The van der Waals surface area contributed by atoms with Crippen LogP contribution in [0.3, 0.4) is 0 Å². The van der Waals surface area contributed by atoms with Crippen molar-refractivity contribution < 1.29 is 14.3 Å². The lowest BCUT2D eigenvalue weighted by atomic mass is 10.00. The van der Waals surface area contributed by atoms with Crippen LogP contribution in [0.2, 0.25) is 0 Å². The monoisotopic (exact) mass is 271 g/mol. The number of nitrogens with one attached hydrogen (secondary N) is 1. The third-order valence-electron chi connectivity index (χ3n) is 3.81.